The third kappa shape index (κ3) is 7.00. The molecule has 1 aliphatic heterocycles. The Balaban J connectivity index is 0.00000264. The standard InChI is InChI=1S/C15H22N4O3.2ClH/c1-18(9-12-2-4-16-5-3-12)11-14(20)19-7-6-17-8-13(10-19)15(21)22;;/h2-5,13,17H,6-11H2,1H3,(H,21,22);2*1H. The van der Waals surface area contributed by atoms with Crippen LogP contribution >= 0.6 is 24.8 Å². The summed E-state index contributed by atoms with van der Waals surface area (Å²) in [7, 11) is 1.88. The molecule has 1 amide bonds. The highest BCUT2D eigenvalue weighted by molar-refractivity contribution is 5.85. The number of nitrogens with zero attached hydrogens (tertiary/aromatic N) is 3. The zero-order valence-electron chi connectivity index (χ0n) is 13.6. The molecule has 136 valence electrons. The number of aromatic nitrogens is 1. The molecule has 0 radical (unpaired) electrons. The Morgan fingerprint density at radius 3 is 2.67 bits per heavy atom. The zero-order valence-corrected chi connectivity index (χ0v) is 15.2. The first-order valence-corrected chi connectivity index (χ1v) is 7.35. The van der Waals surface area contributed by atoms with Gasteiger partial charge in [-0.25, -0.2) is 0 Å². The second-order valence-electron chi connectivity index (χ2n) is 5.61. The minimum Gasteiger partial charge on any atom is -0.481 e. The van der Waals surface area contributed by atoms with Gasteiger partial charge in [0, 0.05) is 45.1 Å². The molecule has 1 atom stereocenters. The third-order valence-electron chi connectivity index (χ3n) is 3.70. The first-order chi connectivity index (χ1) is 10.6. The molecule has 9 heteroatoms. The molecule has 0 aliphatic carbocycles. The molecule has 0 bridgehead atoms. The van der Waals surface area contributed by atoms with Gasteiger partial charge in [0.25, 0.3) is 0 Å². The van der Waals surface area contributed by atoms with Crippen molar-refractivity contribution in [3.05, 3.63) is 30.1 Å². The van der Waals surface area contributed by atoms with Gasteiger partial charge in [0.05, 0.1) is 12.5 Å². The number of carboxylic acids is 1. The number of rotatable bonds is 5. The number of pyridine rings is 1. The maximum absolute atomic E-state index is 12.4. The van der Waals surface area contributed by atoms with E-state index in [1.165, 1.54) is 0 Å². The molecule has 1 aromatic rings. The molecule has 2 heterocycles. The summed E-state index contributed by atoms with van der Waals surface area (Å²) in [6, 6.07) is 3.83. The summed E-state index contributed by atoms with van der Waals surface area (Å²) in [4.78, 5) is 31.0. The number of halogens is 2. The molecule has 2 rings (SSSR count). The van der Waals surface area contributed by atoms with E-state index in [0.717, 1.165) is 5.56 Å². The van der Waals surface area contributed by atoms with Crippen molar-refractivity contribution in [2.45, 2.75) is 6.54 Å². The summed E-state index contributed by atoms with van der Waals surface area (Å²) in [6.07, 6.45) is 3.45. The van der Waals surface area contributed by atoms with Crippen molar-refractivity contribution < 1.29 is 14.7 Å². The van der Waals surface area contributed by atoms with Crippen LogP contribution in [0.25, 0.3) is 0 Å². The normalized spacial score (nSPS) is 17.4. The Hall–Kier alpha value is -1.41. The summed E-state index contributed by atoms with van der Waals surface area (Å²) < 4.78 is 0. The molecule has 1 aliphatic rings. The molecule has 1 fully saturated rings. The van der Waals surface area contributed by atoms with Gasteiger partial charge in [-0.1, -0.05) is 0 Å². The number of amides is 1. The maximum atomic E-state index is 12.4. The molecule has 1 unspecified atom stereocenters. The number of likely N-dealkylation sites (N-methyl/N-ethyl adjacent to an activating group) is 1. The van der Waals surface area contributed by atoms with Gasteiger partial charge in [-0.2, -0.15) is 0 Å². The molecule has 1 aromatic heterocycles. The van der Waals surface area contributed by atoms with Crippen molar-refractivity contribution in [3.8, 4) is 0 Å². The van der Waals surface area contributed by atoms with Gasteiger partial charge in [0.2, 0.25) is 5.91 Å². The Morgan fingerprint density at radius 2 is 2.04 bits per heavy atom. The van der Waals surface area contributed by atoms with Crippen molar-refractivity contribution in [1.82, 2.24) is 20.1 Å². The molecule has 0 saturated carbocycles. The van der Waals surface area contributed by atoms with Crippen LogP contribution in [0.15, 0.2) is 24.5 Å². The average molecular weight is 379 g/mol. The molecule has 24 heavy (non-hydrogen) atoms. The van der Waals surface area contributed by atoms with Gasteiger partial charge in [-0.15, -0.1) is 24.8 Å². The Kier molecular flexibility index (Phi) is 10.5. The Labute approximate surface area is 154 Å². The van der Waals surface area contributed by atoms with Gasteiger partial charge >= 0.3 is 5.97 Å². The Bertz CT molecular complexity index is 519. The predicted molar refractivity (Wildman–Crippen MR) is 95.6 cm³/mol. The molecule has 0 aromatic carbocycles. The number of carbonyl (C=O) groups is 2. The van der Waals surface area contributed by atoms with Crippen LogP contribution in [-0.4, -0.2) is 71.5 Å². The topological polar surface area (TPSA) is 85.8 Å². The highest BCUT2D eigenvalue weighted by atomic mass is 35.5. The van der Waals surface area contributed by atoms with Gasteiger partial charge in [0.15, 0.2) is 0 Å². The van der Waals surface area contributed by atoms with E-state index in [-0.39, 0.29) is 43.8 Å². The average Bonchev–Trinajstić information content (AvgIpc) is 2.74. The van der Waals surface area contributed by atoms with Crippen LogP contribution in [0.1, 0.15) is 5.56 Å². The number of hydrogen-bond acceptors (Lipinski definition) is 5. The molecule has 1 saturated heterocycles. The van der Waals surface area contributed by atoms with Crippen LogP contribution < -0.4 is 5.32 Å². The van der Waals surface area contributed by atoms with Crippen LogP contribution in [0.2, 0.25) is 0 Å². The largest absolute Gasteiger partial charge is 0.481 e. The second kappa shape index (κ2) is 11.2. The minimum absolute atomic E-state index is 0. The highest BCUT2D eigenvalue weighted by Crippen LogP contribution is 2.06. The lowest BCUT2D eigenvalue weighted by atomic mass is 10.1. The summed E-state index contributed by atoms with van der Waals surface area (Å²) in [5.74, 6) is -1.44. The summed E-state index contributed by atoms with van der Waals surface area (Å²) in [5, 5.41) is 12.2. The summed E-state index contributed by atoms with van der Waals surface area (Å²) in [6.45, 7) is 2.78. The predicted octanol–water partition coefficient (Wildman–Crippen LogP) is 0.490. The van der Waals surface area contributed by atoms with Gasteiger partial charge in [-0.3, -0.25) is 19.5 Å². The first-order valence-electron chi connectivity index (χ1n) is 7.35. The molecular weight excluding hydrogens is 355 g/mol. The van der Waals surface area contributed by atoms with Crippen LogP contribution in [0.5, 0.6) is 0 Å². The number of carboxylic acid groups (broad SMARTS) is 1. The van der Waals surface area contributed by atoms with E-state index in [1.54, 1.807) is 17.3 Å². The summed E-state index contributed by atoms with van der Waals surface area (Å²) in [5.41, 5.74) is 1.09. The van der Waals surface area contributed by atoms with E-state index in [9.17, 15) is 9.59 Å². The van der Waals surface area contributed by atoms with E-state index in [2.05, 4.69) is 10.3 Å². The molecule has 2 N–H and O–H groups in total. The second-order valence-corrected chi connectivity index (χ2v) is 5.61. The number of aliphatic carboxylic acids is 1. The fraction of sp³-hybridized carbons (Fsp3) is 0.533. The van der Waals surface area contributed by atoms with E-state index < -0.39 is 11.9 Å². The van der Waals surface area contributed by atoms with E-state index >= 15 is 0 Å². The van der Waals surface area contributed by atoms with Crippen molar-refractivity contribution in [1.29, 1.82) is 0 Å². The van der Waals surface area contributed by atoms with E-state index in [0.29, 0.717) is 26.2 Å². The lowest BCUT2D eigenvalue weighted by Crippen LogP contribution is -2.42. The van der Waals surface area contributed by atoms with Crippen LogP contribution in [0, 0.1) is 5.92 Å². The third-order valence-corrected chi connectivity index (χ3v) is 3.70. The van der Waals surface area contributed by atoms with E-state index in [1.807, 2.05) is 24.1 Å². The number of hydrogen-bond donors (Lipinski definition) is 2. The lowest BCUT2D eigenvalue weighted by molar-refractivity contribution is -0.143. The van der Waals surface area contributed by atoms with Crippen LogP contribution in [0.3, 0.4) is 0 Å². The smallest absolute Gasteiger partial charge is 0.309 e. The fourth-order valence-electron chi connectivity index (χ4n) is 2.49. The maximum Gasteiger partial charge on any atom is 0.309 e. The first kappa shape index (κ1) is 22.6. The quantitative estimate of drug-likeness (QED) is 0.775. The molecule has 7 nitrogen and oxygen atoms in total. The zero-order chi connectivity index (χ0) is 15.9. The van der Waals surface area contributed by atoms with Gasteiger partial charge in [-0.05, 0) is 24.7 Å². The van der Waals surface area contributed by atoms with E-state index in [4.69, 9.17) is 5.11 Å². The van der Waals surface area contributed by atoms with Crippen molar-refractivity contribution in [2.75, 3.05) is 39.8 Å². The molecular formula is C15H24Cl2N4O3. The lowest BCUT2D eigenvalue weighted by Gasteiger charge is -2.25. The minimum atomic E-state index is -0.864. The van der Waals surface area contributed by atoms with Crippen molar-refractivity contribution in [2.24, 2.45) is 5.92 Å². The Morgan fingerprint density at radius 1 is 1.38 bits per heavy atom. The molecule has 0 spiro atoms. The van der Waals surface area contributed by atoms with Crippen molar-refractivity contribution in [3.63, 3.8) is 0 Å². The fourth-order valence-corrected chi connectivity index (χ4v) is 2.49. The number of carbonyl (C=O) groups excluding carboxylic acids is 1. The van der Waals surface area contributed by atoms with Crippen LogP contribution in [-0.2, 0) is 16.1 Å². The summed E-state index contributed by atoms with van der Waals surface area (Å²) >= 11 is 0. The monoisotopic (exact) mass is 378 g/mol. The van der Waals surface area contributed by atoms with Gasteiger partial charge in [0.1, 0.15) is 0 Å². The van der Waals surface area contributed by atoms with Crippen LogP contribution in [0.4, 0.5) is 0 Å². The highest BCUT2D eigenvalue weighted by Gasteiger charge is 2.26. The van der Waals surface area contributed by atoms with Gasteiger partial charge < -0.3 is 15.3 Å². The SMILES string of the molecule is CN(CC(=O)N1CCNCC(C(=O)O)C1)Cc1ccncc1.Cl.Cl. The van der Waals surface area contributed by atoms with Crippen molar-refractivity contribution >= 4 is 36.7 Å². The number of nitrogens with one attached hydrogen (secondary N) is 1.